The zero-order valence-electron chi connectivity index (χ0n) is 33.3. The summed E-state index contributed by atoms with van der Waals surface area (Å²) in [6.07, 6.45) is -4.20. The van der Waals surface area contributed by atoms with Crippen molar-refractivity contribution in [3.05, 3.63) is 98.3 Å². The standard InChI is InChI=1S/C41H42ClF3N10O6/c1-23-34(57)33(49-48-23)37(59)53-12-10-40(11-13-53)32-30(20-61-40)54(19-31(56)46-29-9-6-26(18-28(29)42)41(43,44)45)38-47-35(50-55(38)36(32)58)25-4-7-27(8-5-25)52-16-14-51(15-17-52)24(2)39(3)21-60-22-39/h4-9,18,57H,2,10-17,19-22H2,1,3H3,(H,46,56)(H,48,49). The van der Waals surface area contributed by atoms with Crippen LogP contribution in [0.5, 0.6) is 5.75 Å². The molecule has 20 heteroatoms. The Labute approximate surface area is 351 Å². The first-order valence-corrected chi connectivity index (χ1v) is 20.2. The lowest BCUT2D eigenvalue weighted by molar-refractivity contribution is -0.137. The molecule has 4 aliphatic rings. The number of aromatic hydroxyl groups is 1. The number of carbonyl (C=O) groups excluding carboxylic acids is 2. The Bertz CT molecular complexity index is 2640. The molecular weight excluding hydrogens is 821 g/mol. The number of carbonyl (C=O) groups is 2. The number of rotatable bonds is 8. The molecule has 5 aromatic rings. The summed E-state index contributed by atoms with van der Waals surface area (Å²) in [5.41, 5.74) is 0.963. The molecule has 320 valence electrons. The molecule has 0 unspecified atom stereocenters. The molecule has 3 fully saturated rings. The largest absolute Gasteiger partial charge is 0.504 e. The third kappa shape index (κ3) is 7.07. The molecule has 0 saturated carbocycles. The Hall–Kier alpha value is -5.92. The van der Waals surface area contributed by atoms with Crippen LogP contribution in [0.25, 0.3) is 17.2 Å². The van der Waals surface area contributed by atoms with E-state index in [0.29, 0.717) is 24.5 Å². The number of aryl methyl sites for hydroxylation is 1. The number of fused-ring (bicyclic) bond motifs is 3. The molecule has 2 aromatic carbocycles. The summed E-state index contributed by atoms with van der Waals surface area (Å²) in [5, 5.41) is 23.8. The topological polar surface area (TPSA) is 175 Å². The smallest absolute Gasteiger partial charge is 0.416 e. The van der Waals surface area contributed by atoms with Crippen LogP contribution >= 0.6 is 11.6 Å². The highest BCUT2D eigenvalue weighted by Crippen LogP contribution is 2.44. The zero-order valence-corrected chi connectivity index (χ0v) is 34.1. The van der Waals surface area contributed by atoms with Crippen molar-refractivity contribution < 1.29 is 37.3 Å². The number of hydrogen-bond donors (Lipinski definition) is 3. The predicted molar refractivity (Wildman–Crippen MR) is 216 cm³/mol. The van der Waals surface area contributed by atoms with Gasteiger partial charge >= 0.3 is 6.18 Å². The fourth-order valence-corrected chi connectivity index (χ4v) is 8.84. The normalized spacial score (nSPS) is 18.4. The summed E-state index contributed by atoms with van der Waals surface area (Å²) in [5.74, 6) is -1.06. The second kappa shape index (κ2) is 14.9. The van der Waals surface area contributed by atoms with E-state index in [2.05, 4.69) is 43.9 Å². The van der Waals surface area contributed by atoms with E-state index in [1.54, 1.807) is 6.92 Å². The van der Waals surface area contributed by atoms with Crippen LogP contribution in [0.1, 0.15) is 52.8 Å². The van der Waals surface area contributed by atoms with E-state index in [9.17, 15) is 32.7 Å². The summed E-state index contributed by atoms with van der Waals surface area (Å²) in [7, 11) is 0. The van der Waals surface area contributed by atoms with Gasteiger partial charge < -0.3 is 39.2 Å². The van der Waals surface area contributed by atoms with Crippen molar-refractivity contribution in [2.24, 2.45) is 5.41 Å². The molecule has 61 heavy (non-hydrogen) atoms. The van der Waals surface area contributed by atoms with Crippen molar-refractivity contribution in [1.82, 2.24) is 39.2 Å². The molecule has 7 heterocycles. The second-order valence-electron chi connectivity index (χ2n) is 16.2. The third-order valence-electron chi connectivity index (χ3n) is 12.3. The molecule has 16 nitrogen and oxygen atoms in total. The van der Waals surface area contributed by atoms with Crippen LogP contribution in [-0.4, -0.2) is 109 Å². The summed E-state index contributed by atoms with van der Waals surface area (Å²) in [6.45, 7) is 12.6. The maximum absolute atomic E-state index is 14.5. The molecule has 0 bridgehead atoms. The molecule has 3 saturated heterocycles. The minimum atomic E-state index is -4.63. The summed E-state index contributed by atoms with van der Waals surface area (Å²) in [4.78, 5) is 52.5. The minimum absolute atomic E-state index is 0.0196. The first-order valence-electron chi connectivity index (χ1n) is 19.8. The van der Waals surface area contributed by atoms with Gasteiger partial charge in [0.1, 0.15) is 17.8 Å². The fraction of sp³-hybridized carbons (Fsp3) is 0.415. The van der Waals surface area contributed by atoms with Gasteiger partial charge in [-0.05, 0) is 69.2 Å². The van der Waals surface area contributed by atoms with Crippen LogP contribution < -0.4 is 15.8 Å². The molecule has 9 rings (SSSR count). The lowest BCUT2D eigenvalue weighted by atomic mass is 9.84. The van der Waals surface area contributed by atoms with Crippen molar-refractivity contribution >= 4 is 40.6 Å². The van der Waals surface area contributed by atoms with Gasteiger partial charge in [0.25, 0.3) is 11.5 Å². The molecule has 3 N–H and O–H groups in total. The third-order valence-corrected chi connectivity index (χ3v) is 12.7. The van der Waals surface area contributed by atoms with Crippen molar-refractivity contribution in [3.63, 3.8) is 0 Å². The maximum atomic E-state index is 14.5. The SMILES string of the molecule is C=C(N1CCN(c2ccc(-c3nc4n(CC(=O)Nc5ccc(C(F)(F)F)cc5Cl)c5c(c(=O)n4n3)C3(CCN(C(=O)c4[nH]nc(C)c4O)CC3)OC5)cc2)CC1)C1(C)COC1. The van der Waals surface area contributed by atoms with Crippen LogP contribution in [0.4, 0.5) is 24.5 Å². The molecular formula is C41H42ClF3N10O6. The first-order chi connectivity index (χ1) is 29.0. The van der Waals surface area contributed by atoms with E-state index in [1.165, 1.54) is 9.47 Å². The number of aromatic nitrogens is 6. The van der Waals surface area contributed by atoms with E-state index in [4.69, 9.17) is 26.1 Å². The van der Waals surface area contributed by atoms with Gasteiger partial charge in [0, 0.05) is 56.2 Å². The Morgan fingerprint density at radius 2 is 1.74 bits per heavy atom. The average molecular weight is 863 g/mol. The number of hydrogen-bond acceptors (Lipinski definition) is 11. The van der Waals surface area contributed by atoms with Crippen molar-refractivity contribution in [2.75, 3.05) is 62.7 Å². The number of piperazine rings is 1. The first kappa shape index (κ1) is 40.5. The number of benzene rings is 2. The Morgan fingerprint density at radius 3 is 2.34 bits per heavy atom. The van der Waals surface area contributed by atoms with Crippen LogP contribution in [0, 0.1) is 12.3 Å². The molecule has 0 radical (unpaired) electrons. The van der Waals surface area contributed by atoms with Crippen LogP contribution in [0.2, 0.25) is 5.02 Å². The minimum Gasteiger partial charge on any atom is -0.504 e. The van der Waals surface area contributed by atoms with Gasteiger partial charge in [-0.1, -0.05) is 18.2 Å². The van der Waals surface area contributed by atoms with E-state index in [-0.39, 0.29) is 83.0 Å². The van der Waals surface area contributed by atoms with Gasteiger partial charge in [0.05, 0.1) is 52.8 Å². The Balaban J connectivity index is 1.01. The number of aromatic amines is 1. The Morgan fingerprint density at radius 1 is 1.03 bits per heavy atom. The molecule has 3 aromatic heterocycles. The van der Waals surface area contributed by atoms with Crippen LogP contribution in [0.15, 0.2) is 59.5 Å². The van der Waals surface area contributed by atoms with E-state index >= 15 is 0 Å². The highest BCUT2D eigenvalue weighted by molar-refractivity contribution is 6.33. The van der Waals surface area contributed by atoms with Gasteiger partial charge in [-0.2, -0.15) is 27.8 Å². The van der Waals surface area contributed by atoms with Crippen molar-refractivity contribution in [3.8, 4) is 17.1 Å². The number of piperidine rings is 1. The van der Waals surface area contributed by atoms with Gasteiger partial charge in [-0.15, -0.1) is 5.10 Å². The number of halogens is 4. The van der Waals surface area contributed by atoms with E-state index in [0.717, 1.165) is 60.3 Å². The number of nitrogens with zero attached hydrogens (tertiary/aromatic N) is 8. The van der Waals surface area contributed by atoms with Gasteiger partial charge in [0.2, 0.25) is 11.7 Å². The molecule has 1 spiro atoms. The zero-order chi connectivity index (χ0) is 43.0. The highest BCUT2D eigenvalue weighted by Gasteiger charge is 2.48. The van der Waals surface area contributed by atoms with Gasteiger partial charge in [0.15, 0.2) is 17.3 Å². The number of ether oxygens (including phenoxy) is 2. The number of alkyl halides is 3. The molecule has 4 aliphatic heterocycles. The number of nitrogens with one attached hydrogen (secondary N) is 2. The number of anilines is 2. The lowest BCUT2D eigenvalue weighted by Crippen LogP contribution is -2.52. The lowest BCUT2D eigenvalue weighted by Gasteiger charge is -2.47. The quantitative estimate of drug-likeness (QED) is 0.193. The van der Waals surface area contributed by atoms with E-state index < -0.39 is 41.3 Å². The van der Waals surface area contributed by atoms with E-state index in [1.807, 2.05) is 24.3 Å². The monoisotopic (exact) mass is 862 g/mol. The average Bonchev–Trinajstić information content (AvgIpc) is 3.94. The highest BCUT2D eigenvalue weighted by atomic mass is 35.5. The van der Waals surface area contributed by atoms with Gasteiger partial charge in [-0.3, -0.25) is 19.5 Å². The Kier molecular flexibility index (Phi) is 9.90. The number of H-pyrrole nitrogens is 1. The van der Waals surface area contributed by atoms with Gasteiger partial charge in [-0.25, -0.2) is 0 Å². The number of likely N-dealkylation sites (tertiary alicyclic amines) is 1. The van der Waals surface area contributed by atoms with Crippen LogP contribution in [0.3, 0.4) is 0 Å². The van der Waals surface area contributed by atoms with Crippen LogP contribution in [-0.2, 0) is 39.2 Å². The maximum Gasteiger partial charge on any atom is 0.416 e. The summed E-state index contributed by atoms with van der Waals surface area (Å²) in [6, 6.07) is 10.3. The predicted octanol–water partition coefficient (Wildman–Crippen LogP) is 4.94. The van der Waals surface area contributed by atoms with Crippen molar-refractivity contribution in [2.45, 2.75) is 51.6 Å². The fourth-order valence-electron chi connectivity index (χ4n) is 8.61. The molecule has 2 amide bonds. The summed E-state index contributed by atoms with van der Waals surface area (Å²) >= 11 is 6.18. The number of amides is 2. The summed E-state index contributed by atoms with van der Waals surface area (Å²) < 4.78 is 54.5. The molecule has 0 atom stereocenters. The second-order valence-corrected chi connectivity index (χ2v) is 16.6. The van der Waals surface area contributed by atoms with Crippen molar-refractivity contribution in [1.29, 1.82) is 0 Å². The molecule has 0 aliphatic carbocycles.